The third-order valence-corrected chi connectivity index (χ3v) is 6.99. The Balaban J connectivity index is 1.34. The number of aryl methyl sites for hydroxylation is 3. The van der Waals surface area contributed by atoms with Crippen molar-refractivity contribution < 1.29 is 22.6 Å². The van der Waals surface area contributed by atoms with E-state index in [1.807, 2.05) is 38.1 Å². The number of ether oxygens (including phenoxy) is 2. The van der Waals surface area contributed by atoms with Gasteiger partial charge in [-0.25, -0.2) is 4.98 Å². The number of pyridine rings is 1. The molecular formula is C24H29F3N6O2. The zero-order valence-corrected chi connectivity index (χ0v) is 20.0. The summed E-state index contributed by atoms with van der Waals surface area (Å²) in [4.78, 5) is 16.1. The number of halogens is 3. The zero-order chi connectivity index (χ0) is 24.7. The molecule has 0 radical (unpaired) electrons. The topological polar surface area (TPSA) is 78.2 Å². The average molecular weight is 491 g/mol. The van der Waals surface area contributed by atoms with Crippen LogP contribution in [0.4, 0.5) is 19.1 Å². The van der Waals surface area contributed by atoms with Crippen molar-refractivity contribution in [2.24, 2.45) is 18.9 Å². The molecule has 35 heavy (non-hydrogen) atoms. The van der Waals surface area contributed by atoms with E-state index in [0.717, 1.165) is 16.8 Å². The number of nitrogens with zero attached hydrogens (tertiary/aromatic N) is 6. The summed E-state index contributed by atoms with van der Waals surface area (Å²) in [5.41, 5.74) is 3.39. The van der Waals surface area contributed by atoms with Crippen LogP contribution in [0.15, 0.2) is 18.5 Å². The Morgan fingerprint density at radius 1 is 1.17 bits per heavy atom. The van der Waals surface area contributed by atoms with Gasteiger partial charge in [-0.3, -0.25) is 4.68 Å². The molecule has 0 spiro atoms. The molecule has 0 unspecified atom stereocenters. The van der Waals surface area contributed by atoms with E-state index < -0.39 is 12.1 Å². The Morgan fingerprint density at radius 2 is 1.97 bits per heavy atom. The number of hydrogen-bond donors (Lipinski definition) is 0. The van der Waals surface area contributed by atoms with Crippen molar-refractivity contribution in [3.63, 3.8) is 0 Å². The van der Waals surface area contributed by atoms with E-state index in [1.54, 1.807) is 10.9 Å². The van der Waals surface area contributed by atoms with Crippen LogP contribution >= 0.6 is 0 Å². The number of rotatable bonds is 6. The molecule has 0 amide bonds. The number of hydrogen-bond acceptors (Lipinski definition) is 7. The van der Waals surface area contributed by atoms with Gasteiger partial charge < -0.3 is 14.4 Å². The molecule has 2 aliphatic rings. The summed E-state index contributed by atoms with van der Waals surface area (Å²) in [5, 5.41) is 4.94. The van der Waals surface area contributed by atoms with E-state index in [2.05, 4.69) is 10.1 Å². The van der Waals surface area contributed by atoms with Gasteiger partial charge in [-0.05, 0) is 50.7 Å². The van der Waals surface area contributed by atoms with E-state index in [4.69, 9.17) is 19.4 Å². The minimum Gasteiger partial charge on any atom is -0.477 e. The lowest BCUT2D eigenvalue weighted by molar-refractivity contribution is -0.205. The Labute approximate surface area is 201 Å². The molecule has 1 saturated carbocycles. The Kier molecular flexibility index (Phi) is 6.29. The van der Waals surface area contributed by atoms with Crippen molar-refractivity contribution >= 4 is 17.0 Å². The van der Waals surface area contributed by atoms with Gasteiger partial charge in [0.15, 0.2) is 5.65 Å². The second kappa shape index (κ2) is 9.25. The normalized spacial score (nSPS) is 22.9. The third-order valence-electron chi connectivity index (χ3n) is 6.99. The van der Waals surface area contributed by atoms with Crippen molar-refractivity contribution in [2.45, 2.75) is 45.4 Å². The zero-order valence-electron chi connectivity index (χ0n) is 20.0. The van der Waals surface area contributed by atoms with Crippen LogP contribution in [0, 0.1) is 25.7 Å². The lowest BCUT2D eigenvalue weighted by Gasteiger charge is -2.36. The first kappa shape index (κ1) is 23.8. The summed E-state index contributed by atoms with van der Waals surface area (Å²) >= 11 is 0. The number of alkyl halides is 3. The number of anilines is 1. The van der Waals surface area contributed by atoms with E-state index in [-0.39, 0.29) is 24.9 Å². The predicted molar refractivity (Wildman–Crippen MR) is 123 cm³/mol. The molecule has 0 bridgehead atoms. The Morgan fingerprint density at radius 3 is 2.69 bits per heavy atom. The fraction of sp³-hybridized carbons (Fsp3) is 0.583. The molecule has 5 rings (SSSR count). The van der Waals surface area contributed by atoms with Crippen LogP contribution in [0.5, 0.6) is 5.88 Å². The third kappa shape index (κ3) is 5.05. The van der Waals surface area contributed by atoms with Gasteiger partial charge in [0.05, 0.1) is 37.3 Å². The molecule has 8 nitrogen and oxygen atoms in total. The van der Waals surface area contributed by atoms with Gasteiger partial charge in [0.25, 0.3) is 0 Å². The van der Waals surface area contributed by atoms with Gasteiger partial charge in [0.1, 0.15) is 6.10 Å². The number of fused-ring (bicyclic) bond motifs is 1. The molecule has 1 aliphatic carbocycles. The largest absolute Gasteiger partial charge is 0.477 e. The maximum atomic E-state index is 12.8. The number of morpholine rings is 1. The SMILES string of the molecule is Cc1cc2c(OCCC3CC(C(F)(F)F)C3)nc(N3CCO[C@H](c4cnn(C)c4)C3)nc2nc1C. The highest BCUT2D eigenvalue weighted by atomic mass is 19.4. The molecule has 11 heteroatoms. The van der Waals surface area contributed by atoms with Crippen molar-refractivity contribution in [2.75, 3.05) is 31.2 Å². The summed E-state index contributed by atoms with van der Waals surface area (Å²) in [6, 6.07) is 1.96. The maximum absolute atomic E-state index is 12.8. The van der Waals surface area contributed by atoms with E-state index in [0.29, 0.717) is 55.6 Å². The molecule has 3 aromatic heterocycles. The van der Waals surface area contributed by atoms with Crippen LogP contribution in [-0.4, -0.2) is 57.2 Å². The molecular weight excluding hydrogens is 461 g/mol. The fourth-order valence-electron chi connectivity index (χ4n) is 4.66. The Bertz CT molecular complexity index is 1210. The quantitative estimate of drug-likeness (QED) is 0.510. The minimum atomic E-state index is -4.10. The molecule has 4 heterocycles. The first-order valence-corrected chi connectivity index (χ1v) is 11.9. The molecule has 2 fully saturated rings. The summed E-state index contributed by atoms with van der Waals surface area (Å²) in [7, 11) is 1.86. The van der Waals surface area contributed by atoms with E-state index >= 15 is 0 Å². The van der Waals surface area contributed by atoms with Crippen LogP contribution in [0.25, 0.3) is 11.0 Å². The number of aromatic nitrogens is 5. The minimum absolute atomic E-state index is 0.0239. The van der Waals surface area contributed by atoms with Gasteiger partial charge >= 0.3 is 6.18 Å². The van der Waals surface area contributed by atoms with Crippen LogP contribution in [-0.2, 0) is 11.8 Å². The van der Waals surface area contributed by atoms with Crippen LogP contribution in [0.2, 0.25) is 0 Å². The van der Waals surface area contributed by atoms with Crippen LogP contribution in [0.1, 0.15) is 42.2 Å². The van der Waals surface area contributed by atoms with E-state index in [9.17, 15) is 13.2 Å². The molecule has 188 valence electrons. The predicted octanol–water partition coefficient (Wildman–Crippen LogP) is 4.31. The van der Waals surface area contributed by atoms with Crippen LogP contribution in [0.3, 0.4) is 0 Å². The van der Waals surface area contributed by atoms with Gasteiger partial charge in [0, 0.05) is 31.0 Å². The second-order valence-electron chi connectivity index (χ2n) is 9.56. The summed E-state index contributed by atoms with van der Waals surface area (Å²) in [5.74, 6) is -0.239. The van der Waals surface area contributed by atoms with Gasteiger partial charge in [-0.15, -0.1) is 0 Å². The summed E-state index contributed by atoms with van der Waals surface area (Å²) in [6.45, 7) is 5.88. The van der Waals surface area contributed by atoms with Crippen molar-refractivity contribution in [3.8, 4) is 5.88 Å². The van der Waals surface area contributed by atoms with Gasteiger partial charge in [-0.2, -0.15) is 28.2 Å². The molecule has 1 aliphatic heterocycles. The standard InChI is InChI=1S/C24H29F3N6O2/c1-14-8-19-21(29-15(14)2)30-23(33-5-7-34-20(13-33)17-11-28-32(3)12-17)31-22(19)35-6-4-16-9-18(10-16)24(25,26)27/h8,11-12,16,18,20H,4-7,9-10,13H2,1-3H3/t16?,18?,20-/m0/s1. The van der Waals surface area contributed by atoms with Crippen molar-refractivity contribution in [3.05, 3.63) is 35.3 Å². The molecule has 0 N–H and O–H groups in total. The fourth-order valence-corrected chi connectivity index (χ4v) is 4.66. The van der Waals surface area contributed by atoms with Crippen molar-refractivity contribution in [1.29, 1.82) is 0 Å². The smallest absolute Gasteiger partial charge is 0.391 e. The Hall–Kier alpha value is -2.95. The van der Waals surface area contributed by atoms with Gasteiger partial charge in [0.2, 0.25) is 11.8 Å². The highest BCUT2D eigenvalue weighted by molar-refractivity contribution is 5.82. The summed E-state index contributed by atoms with van der Waals surface area (Å²) < 4.78 is 52.1. The van der Waals surface area contributed by atoms with Crippen LogP contribution < -0.4 is 9.64 Å². The molecule has 0 aromatic carbocycles. The molecule has 1 atom stereocenters. The summed E-state index contributed by atoms with van der Waals surface area (Å²) in [6.07, 6.45) is 0.379. The highest BCUT2D eigenvalue weighted by Crippen LogP contribution is 2.46. The second-order valence-corrected chi connectivity index (χ2v) is 9.56. The molecule has 3 aromatic rings. The highest BCUT2D eigenvalue weighted by Gasteiger charge is 2.47. The lowest BCUT2D eigenvalue weighted by atomic mass is 9.73. The monoisotopic (exact) mass is 490 g/mol. The van der Waals surface area contributed by atoms with E-state index in [1.165, 1.54) is 0 Å². The lowest BCUT2D eigenvalue weighted by Crippen LogP contribution is -2.39. The van der Waals surface area contributed by atoms with Crippen molar-refractivity contribution in [1.82, 2.24) is 24.7 Å². The van der Waals surface area contributed by atoms with Gasteiger partial charge in [-0.1, -0.05) is 0 Å². The average Bonchev–Trinajstić information content (AvgIpc) is 3.21. The first-order valence-electron chi connectivity index (χ1n) is 11.9. The maximum Gasteiger partial charge on any atom is 0.391 e. The first-order chi connectivity index (χ1) is 16.7. The molecule has 1 saturated heterocycles.